The molecule has 0 unspecified atom stereocenters. The zero-order chi connectivity index (χ0) is 20.2. The lowest BCUT2D eigenvalue weighted by molar-refractivity contribution is -0.136. The molecule has 2 aromatic carbocycles. The Balaban J connectivity index is 1.39. The monoisotopic (exact) mass is 396 g/mol. The van der Waals surface area contributed by atoms with Gasteiger partial charge < -0.3 is 14.5 Å². The molecule has 2 atom stereocenters. The number of carbonyl (C=O) groups excluding carboxylic acids is 2. The zero-order valence-electron chi connectivity index (χ0n) is 16.3. The van der Waals surface area contributed by atoms with Crippen LogP contribution in [0, 0.1) is 11.7 Å². The third-order valence-electron chi connectivity index (χ3n) is 5.76. The van der Waals surface area contributed by atoms with E-state index >= 15 is 0 Å². The summed E-state index contributed by atoms with van der Waals surface area (Å²) >= 11 is 0. The number of para-hydroxylation sites is 1. The van der Waals surface area contributed by atoms with Crippen molar-refractivity contribution in [3.05, 3.63) is 66.0 Å². The molecule has 6 heteroatoms. The molecule has 5 nitrogen and oxygen atoms in total. The maximum Gasteiger partial charge on any atom is 0.252 e. The number of piperidine rings is 1. The van der Waals surface area contributed by atoms with Gasteiger partial charge in [0.1, 0.15) is 12.4 Å². The molecule has 0 aliphatic carbocycles. The first-order valence-corrected chi connectivity index (χ1v) is 10.1. The van der Waals surface area contributed by atoms with Crippen LogP contribution in [0.25, 0.3) is 0 Å². The highest BCUT2D eigenvalue weighted by Gasteiger charge is 2.37. The predicted molar refractivity (Wildman–Crippen MR) is 108 cm³/mol. The zero-order valence-corrected chi connectivity index (χ0v) is 16.3. The molecule has 0 saturated carbocycles. The van der Waals surface area contributed by atoms with Crippen molar-refractivity contribution in [2.45, 2.75) is 25.4 Å². The number of amides is 2. The smallest absolute Gasteiger partial charge is 0.252 e. The first kappa shape index (κ1) is 19.6. The summed E-state index contributed by atoms with van der Waals surface area (Å²) in [5.74, 6) is -0.132. The first-order chi connectivity index (χ1) is 14.1. The van der Waals surface area contributed by atoms with Crippen LogP contribution >= 0.6 is 0 Å². The minimum atomic E-state index is -0.270. The van der Waals surface area contributed by atoms with Gasteiger partial charge in [-0.05, 0) is 42.7 Å². The van der Waals surface area contributed by atoms with E-state index in [-0.39, 0.29) is 36.3 Å². The van der Waals surface area contributed by atoms with E-state index in [0.717, 1.165) is 17.7 Å². The number of hydrogen-bond donors (Lipinski definition) is 0. The molecule has 2 heterocycles. The Morgan fingerprint density at radius 3 is 2.59 bits per heavy atom. The molecule has 152 valence electrons. The summed E-state index contributed by atoms with van der Waals surface area (Å²) in [6, 6.07) is 15.9. The first-order valence-electron chi connectivity index (χ1n) is 10.1. The topological polar surface area (TPSA) is 49.9 Å². The normalized spacial score (nSPS) is 22.2. The van der Waals surface area contributed by atoms with Crippen LogP contribution in [-0.4, -0.2) is 49.1 Å². The number of halogens is 1. The standard InChI is InChI=1S/C23H25FN2O3/c24-19-9-6-17(7-10-19)8-11-22(27)25-13-12-21-18(14-25)15-26(23(28)16-29-21)20-4-2-1-3-5-20/h1-7,9-10,18,21H,8,11-16H2/t18-,21+/m1/s1. The highest BCUT2D eigenvalue weighted by molar-refractivity contribution is 5.94. The van der Waals surface area contributed by atoms with Gasteiger partial charge in [-0.3, -0.25) is 9.59 Å². The van der Waals surface area contributed by atoms with Crippen molar-refractivity contribution >= 4 is 17.5 Å². The van der Waals surface area contributed by atoms with Crippen molar-refractivity contribution in [2.75, 3.05) is 31.1 Å². The molecular weight excluding hydrogens is 371 g/mol. The molecule has 0 spiro atoms. The van der Waals surface area contributed by atoms with Crippen molar-refractivity contribution < 1.29 is 18.7 Å². The molecule has 2 amide bonds. The van der Waals surface area contributed by atoms with Gasteiger partial charge in [0.25, 0.3) is 5.91 Å². The van der Waals surface area contributed by atoms with Crippen LogP contribution in [0.5, 0.6) is 0 Å². The lowest BCUT2D eigenvalue weighted by atomic mass is 9.93. The quantitative estimate of drug-likeness (QED) is 0.798. The number of anilines is 1. The fraction of sp³-hybridized carbons (Fsp3) is 0.391. The molecular formula is C23H25FN2O3. The number of nitrogens with zero attached hydrogens (tertiary/aromatic N) is 2. The summed E-state index contributed by atoms with van der Waals surface area (Å²) in [7, 11) is 0. The molecule has 2 fully saturated rings. The van der Waals surface area contributed by atoms with E-state index in [2.05, 4.69) is 0 Å². The molecule has 0 aromatic heterocycles. The third-order valence-corrected chi connectivity index (χ3v) is 5.76. The van der Waals surface area contributed by atoms with Crippen molar-refractivity contribution in [3.8, 4) is 0 Å². The van der Waals surface area contributed by atoms with E-state index in [1.54, 1.807) is 17.0 Å². The molecule has 2 aliphatic rings. The summed E-state index contributed by atoms with van der Waals surface area (Å²) in [4.78, 5) is 29.0. The summed E-state index contributed by atoms with van der Waals surface area (Å²) in [5, 5.41) is 0. The van der Waals surface area contributed by atoms with Crippen LogP contribution in [0.15, 0.2) is 54.6 Å². The molecule has 2 aliphatic heterocycles. The fourth-order valence-electron chi connectivity index (χ4n) is 4.14. The minimum absolute atomic E-state index is 0.00573. The van der Waals surface area contributed by atoms with Gasteiger partial charge in [0.05, 0.1) is 6.10 Å². The largest absolute Gasteiger partial charge is 0.368 e. The molecule has 0 bridgehead atoms. The molecule has 0 radical (unpaired) electrons. The average molecular weight is 396 g/mol. The number of likely N-dealkylation sites (tertiary alicyclic amines) is 1. The Bertz CT molecular complexity index is 856. The van der Waals surface area contributed by atoms with Crippen LogP contribution < -0.4 is 4.90 Å². The second-order valence-electron chi connectivity index (χ2n) is 7.70. The SMILES string of the molecule is O=C(CCc1ccc(F)cc1)N1CC[C@@H]2OCC(=O)N(c3ccccc3)C[C@H]2C1. The maximum absolute atomic E-state index is 13.0. The Hall–Kier alpha value is -2.73. The van der Waals surface area contributed by atoms with Gasteiger partial charge in [-0.1, -0.05) is 30.3 Å². The lowest BCUT2D eigenvalue weighted by Gasteiger charge is -2.38. The molecule has 29 heavy (non-hydrogen) atoms. The van der Waals surface area contributed by atoms with Gasteiger partial charge in [-0.25, -0.2) is 4.39 Å². The van der Waals surface area contributed by atoms with Crippen LogP contribution in [0.3, 0.4) is 0 Å². The molecule has 2 saturated heterocycles. The van der Waals surface area contributed by atoms with E-state index < -0.39 is 0 Å². The summed E-state index contributed by atoms with van der Waals surface area (Å²) in [6.45, 7) is 1.86. The van der Waals surface area contributed by atoms with Gasteiger partial charge in [-0.2, -0.15) is 0 Å². The van der Waals surface area contributed by atoms with E-state index in [1.807, 2.05) is 35.2 Å². The Morgan fingerprint density at radius 2 is 1.83 bits per heavy atom. The number of carbonyl (C=O) groups is 2. The lowest BCUT2D eigenvalue weighted by Crippen LogP contribution is -2.49. The van der Waals surface area contributed by atoms with Crippen LogP contribution in [0.1, 0.15) is 18.4 Å². The number of benzene rings is 2. The molecule has 2 aromatic rings. The second-order valence-corrected chi connectivity index (χ2v) is 7.70. The average Bonchev–Trinajstić information content (AvgIpc) is 2.92. The Kier molecular flexibility index (Phi) is 5.90. The van der Waals surface area contributed by atoms with E-state index in [0.29, 0.717) is 32.5 Å². The van der Waals surface area contributed by atoms with Crippen LogP contribution in [0.4, 0.5) is 10.1 Å². The summed E-state index contributed by atoms with van der Waals surface area (Å²) in [6.07, 6.45) is 1.72. The highest BCUT2D eigenvalue weighted by Crippen LogP contribution is 2.27. The van der Waals surface area contributed by atoms with E-state index in [1.165, 1.54) is 12.1 Å². The van der Waals surface area contributed by atoms with Crippen LogP contribution in [0.2, 0.25) is 0 Å². The van der Waals surface area contributed by atoms with Crippen molar-refractivity contribution in [1.29, 1.82) is 0 Å². The van der Waals surface area contributed by atoms with Gasteiger partial charge >= 0.3 is 0 Å². The number of fused-ring (bicyclic) bond motifs is 1. The number of aryl methyl sites for hydroxylation is 1. The van der Waals surface area contributed by atoms with Gasteiger partial charge in [0.15, 0.2) is 0 Å². The van der Waals surface area contributed by atoms with Crippen molar-refractivity contribution in [3.63, 3.8) is 0 Å². The summed E-state index contributed by atoms with van der Waals surface area (Å²) in [5.41, 5.74) is 1.81. The predicted octanol–water partition coefficient (Wildman–Crippen LogP) is 3.04. The van der Waals surface area contributed by atoms with E-state index in [9.17, 15) is 14.0 Å². The molecule has 0 N–H and O–H groups in total. The summed E-state index contributed by atoms with van der Waals surface area (Å²) < 4.78 is 18.9. The van der Waals surface area contributed by atoms with Crippen molar-refractivity contribution in [2.24, 2.45) is 5.92 Å². The van der Waals surface area contributed by atoms with E-state index in [4.69, 9.17) is 4.74 Å². The second kappa shape index (κ2) is 8.74. The number of hydrogen-bond acceptors (Lipinski definition) is 3. The van der Waals surface area contributed by atoms with Gasteiger partial charge in [-0.15, -0.1) is 0 Å². The Labute approximate surface area is 170 Å². The highest BCUT2D eigenvalue weighted by atomic mass is 19.1. The van der Waals surface area contributed by atoms with Gasteiger partial charge in [0.2, 0.25) is 5.91 Å². The molecule has 4 rings (SSSR count). The fourth-order valence-corrected chi connectivity index (χ4v) is 4.14. The number of rotatable bonds is 4. The third kappa shape index (κ3) is 4.65. The van der Waals surface area contributed by atoms with Crippen molar-refractivity contribution in [1.82, 2.24) is 4.90 Å². The minimum Gasteiger partial charge on any atom is -0.368 e. The van der Waals surface area contributed by atoms with Gasteiger partial charge in [0, 0.05) is 37.7 Å². The Morgan fingerprint density at radius 1 is 1.07 bits per heavy atom. The van der Waals surface area contributed by atoms with Crippen LogP contribution in [-0.2, 0) is 20.7 Å². The number of ether oxygens (including phenoxy) is 1. The maximum atomic E-state index is 13.0.